The molecule has 1 aliphatic rings. The Morgan fingerprint density at radius 1 is 1.69 bits per heavy atom. The van der Waals surface area contributed by atoms with Crippen LogP contribution < -0.4 is 10.6 Å². The van der Waals surface area contributed by atoms with Crippen molar-refractivity contribution in [3.8, 4) is 0 Å². The molecule has 0 saturated carbocycles. The maximum absolute atomic E-state index is 5.60. The highest BCUT2D eigenvalue weighted by atomic mass is 32.1. The molecule has 0 amide bonds. The normalized spacial score (nSPS) is 20.1. The second-order valence-corrected chi connectivity index (χ2v) is 4.60. The number of nitrogens with two attached hydrogens (primary N) is 1. The van der Waals surface area contributed by atoms with Gasteiger partial charge in [0, 0.05) is 24.5 Å². The Hall–Kier alpha value is -1.16. The molecule has 2 N–H and O–H groups in total. The summed E-state index contributed by atoms with van der Waals surface area (Å²) in [6.45, 7) is 3.36. The lowest BCUT2D eigenvalue weighted by atomic mass is 10.1. The molecule has 1 aromatic rings. The molecule has 1 aromatic heterocycles. The molecule has 0 bridgehead atoms. The molecule has 0 aromatic carbocycles. The Kier molecular flexibility index (Phi) is 3.39. The van der Waals surface area contributed by atoms with Gasteiger partial charge in [0.2, 0.25) is 0 Å². The van der Waals surface area contributed by atoms with E-state index in [9.17, 15) is 0 Å². The Bertz CT molecular complexity index is 392. The molecule has 0 radical (unpaired) electrons. The van der Waals surface area contributed by atoms with Gasteiger partial charge in [0.1, 0.15) is 4.99 Å². The minimum atomic E-state index is 0.370. The number of nitrogens with zero attached hydrogens (tertiary/aromatic N) is 2. The van der Waals surface area contributed by atoms with Crippen molar-refractivity contribution < 1.29 is 0 Å². The Morgan fingerprint density at radius 2 is 2.50 bits per heavy atom. The van der Waals surface area contributed by atoms with Crippen LogP contribution in [0.2, 0.25) is 0 Å². The van der Waals surface area contributed by atoms with Gasteiger partial charge in [0.25, 0.3) is 0 Å². The van der Waals surface area contributed by atoms with E-state index >= 15 is 0 Å². The van der Waals surface area contributed by atoms with Crippen LogP contribution in [0, 0.1) is 0 Å². The summed E-state index contributed by atoms with van der Waals surface area (Å²) in [7, 11) is 0. The van der Waals surface area contributed by atoms with Crippen molar-refractivity contribution in [3.63, 3.8) is 0 Å². The van der Waals surface area contributed by atoms with Crippen LogP contribution in [0.3, 0.4) is 0 Å². The number of hydrogen-bond donors (Lipinski definition) is 1. The molecule has 1 unspecified atom stereocenters. The number of pyridine rings is 1. The highest BCUT2D eigenvalue weighted by Crippen LogP contribution is 2.27. The van der Waals surface area contributed by atoms with E-state index in [0.29, 0.717) is 16.7 Å². The predicted octanol–water partition coefficient (Wildman–Crippen LogP) is 2.09. The monoisotopic (exact) mass is 235 g/mol. The number of aromatic nitrogens is 1. The first-order chi connectivity index (χ1) is 7.72. The molecule has 2 rings (SSSR count). The number of rotatable bonds is 3. The minimum absolute atomic E-state index is 0.370. The standard InChI is InChI=1S/C12H17N3S/c1-2-9-4-3-7-15(9)10-5-6-14-11(8-10)12(13)16/h5-6,8-9H,2-4,7H2,1H3,(H2,13,16). The van der Waals surface area contributed by atoms with Gasteiger partial charge in [-0.25, -0.2) is 0 Å². The fourth-order valence-corrected chi connectivity index (χ4v) is 2.44. The van der Waals surface area contributed by atoms with Crippen molar-refractivity contribution in [2.24, 2.45) is 5.73 Å². The fraction of sp³-hybridized carbons (Fsp3) is 0.500. The average Bonchev–Trinajstić information content (AvgIpc) is 2.77. The third-order valence-electron chi connectivity index (χ3n) is 3.18. The van der Waals surface area contributed by atoms with Crippen molar-refractivity contribution in [1.82, 2.24) is 4.98 Å². The zero-order chi connectivity index (χ0) is 11.5. The van der Waals surface area contributed by atoms with E-state index in [1.54, 1.807) is 6.20 Å². The average molecular weight is 235 g/mol. The summed E-state index contributed by atoms with van der Waals surface area (Å²) in [5.74, 6) is 0. The molecule has 16 heavy (non-hydrogen) atoms. The van der Waals surface area contributed by atoms with E-state index in [1.807, 2.05) is 12.1 Å². The van der Waals surface area contributed by atoms with Gasteiger partial charge in [-0.2, -0.15) is 0 Å². The van der Waals surface area contributed by atoms with Crippen LogP contribution in [0.25, 0.3) is 0 Å². The lowest BCUT2D eigenvalue weighted by molar-refractivity contribution is 0.645. The predicted molar refractivity (Wildman–Crippen MR) is 70.8 cm³/mol. The maximum atomic E-state index is 5.60. The maximum Gasteiger partial charge on any atom is 0.122 e. The third kappa shape index (κ3) is 2.16. The Morgan fingerprint density at radius 3 is 3.19 bits per heavy atom. The van der Waals surface area contributed by atoms with Crippen molar-refractivity contribution in [2.75, 3.05) is 11.4 Å². The quantitative estimate of drug-likeness (QED) is 0.815. The van der Waals surface area contributed by atoms with E-state index in [0.717, 1.165) is 6.54 Å². The largest absolute Gasteiger partial charge is 0.388 e. The molecular formula is C12H17N3S. The van der Waals surface area contributed by atoms with Crippen LogP contribution in [0.15, 0.2) is 18.3 Å². The van der Waals surface area contributed by atoms with Crippen LogP contribution in [-0.4, -0.2) is 22.6 Å². The first-order valence-electron chi connectivity index (χ1n) is 5.75. The molecule has 86 valence electrons. The van der Waals surface area contributed by atoms with Crippen molar-refractivity contribution in [1.29, 1.82) is 0 Å². The summed E-state index contributed by atoms with van der Waals surface area (Å²) in [4.78, 5) is 6.97. The first kappa shape index (κ1) is 11.3. The molecule has 4 heteroatoms. The van der Waals surface area contributed by atoms with E-state index in [2.05, 4.69) is 16.8 Å². The number of anilines is 1. The summed E-state index contributed by atoms with van der Waals surface area (Å²) in [6, 6.07) is 4.69. The molecule has 1 atom stereocenters. The van der Waals surface area contributed by atoms with Crippen molar-refractivity contribution in [3.05, 3.63) is 24.0 Å². The molecular weight excluding hydrogens is 218 g/mol. The molecule has 1 aliphatic heterocycles. The van der Waals surface area contributed by atoms with Crippen LogP contribution in [0.1, 0.15) is 31.9 Å². The zero-order valence-corrected chi connectivity index (χ0v) is 10.3. The lowest BCUT2D eigenvalue weighted by Crippen LogP contribution is -2.28. The van der Waals surface area contributed by atoms with Gasteiger partial charge in [-0.15, -0.1) is 0 Å². The molecule has 1 saturated heterocycles. The van der Waals surface area contributed by atoms with Gasteiger partial charge in [0.15, 0.2) is 0 Å². The van der Waals surface area contributed by atoms with Gasteiger partial charge in [-0.05, 0) is 31.4 Å². The molecule has 0 spiro atoms. The second-order valence-electron chi connectivity index (χ2n) is 4.16. The van der Waals surface area contributed by atoms with Crippen LogP contribution >= 0.6 is 12.2 Å². The van der Waals surface area contributed by atoms with E-state index < -0.39 is 0 Å². The number of thiocarbonyl (C=S) groups is 1. The van der Waals surface area contributed by atoms with Crippen molar-refractivity contribution in [2.45, 2.75) is 32.2 Å². The number of hydrogen-bond acceptors (Lipinski definition) is 3. The highest BCUT2D eigenvalue weighted by molar-refractivity contribution is 7.80. The molecule has 3 nitrogen and oxygen atoms in total. The highest BCUT2D eigenvalue weighted by Gasteiger charge is 2.23. The molecule has 1 fully saturated rings. The minimum Gasteiger partial charge on any atom is -0.388 e. The SMILES string of the molecule is CCC1CCCN1c1ccnc(C(N)=S)c1. The summed E-state index contributed by atoms with van der Waals surface area (Å²) < 4.78 is 0. The van der Waals surface area contributed by atoms with Crippen LogP contribution in [-0.2, 0) is 0 Å². The molecule has 0 aliphatic carbocycles. The lowest BCUT2D eigenvalue weighted by Gasteiger charge is -2.26. The van der Waals surface area contributed by atoms with Gasteiger partial charge in [0.05, 0.1) is 5.69 Å². The topological polar surface area (TPSA) is 42.2 Å². The summed E-state index contributed by atoms with van der Waals surface area (Å²) >= 11 is 4.95. The van der Waals surface area contributed by atoms with Gasteiger partial charge < -0.3 is 10.6 Å². The molecule has 2 heterocycles. The van der Waals surface area contributed by atoms with Crippen LogP contribution in [0.4, 0.5) is 5.69 Å². The Balaban J connectivity index is 2.26. The van der Waals surface area contributed by atoms with Gasteiger partial charge in [-0.3, -0.25) is 4.98 Å². The third-order valence-corrected chi connectivity index (χ3v) is 3.39. The van der Waals surface area contributed by atoms with Gasteiger partial charge >= 0.3 is 0 Å². The van der Waals surface area contributed by atoms with Crippen molar-refractivity contribution >= 4 is 22.9 Å². The van der Waals surface area contributed by atoms with E-state index in [4.69, 9.17) is 18.0 Å². The van der Waals surface area contributed by atoms with E-state index in [1.165, 1.54) is 24.9 Å². The smallest absolute Gasteiger partial charge is 0.122 e. The summed E-state index contributed by atoms with van der Waals surface area (Å²) in [5.41, 5.74) is 7.51. The van der Waals surface area contributed by atoms with Gasteiger partial charge in [-0.1, -0.05) is 19.1 Å². The Labute approximate surface area is 102 Å². The summed E-state index contributed by atoms with van der Waals surface area (Å²) in [5, 5.41) is 0. The van der Waals surface area contributed by atoms with Crippen LogP contribution in [0.5, 0.6) is 0 Å². The zero-order valence-electron chi connectivity index (χ0n) is 9.52. The fourth-order valence-electron chi connectivity index (χ4n) is 2.33. The summed E-state index contributed by atoms with van der Waals surface area (Å²) in [6.07, 6.45) is 5.52. The van der Waals surface area contributed by atoms with E-state index in [-0.39, 0.29) is 0 Å². The second kappa shape index (κ2) is 4.78. The first-order valence-corrected chi connectivity index (χ1v) is 6.15.